The van der Waals surface area contributed by atoms with Gasteiger partial charge in [0.1, 0.15) is 0 Å². The first-order chi connectivity index (χ1) is 8.93. The summed E-state index contributed by atoms with van der Waals surface area (Å²) in [5.74, 6) is -0.724. The Balaban J connectivity index is 2.52. The van der Waals surface area contributed by atoms with Gasteiger partial charge in [-0.1, -0.05) is 28.9 Å². The largest absolute Gasteiger partial charge is 0.469 e. The molecule has 2 amide bonds. The van der Waals surface area contributed by atoms with Crippen LogP contribution in [0.15, 0.2) is 22.7 Å². The molecule has 1 aromatic carbocycles. The van der Waals surface area contributed by atoms with Crippen LogP contribution in [0.1, 0.15) is 12.5 Å². The van der Waals surface area contributed by atoms with Gasteiger partial charge in [-0.2, -0.15) is 0 Å². The van der Waals surface area contributed by atoms with E-state index in [9.17, 15) is 9.59 Å². The molecule has 0 aliphatic rings. The number of carbonyl (C=O) groups excluding carboxylic acids is 2. The van der Waals surface area contributed by atoms with E-state index in [1.807, 2.05) is 25.1 Å². The van der Waals surface area contributed by atoms with Crippen molar-refractivity contribution in [2.75, 3.05) is 19.0 Å². The number of ether oxygens (including phenoxy) is 1. The van der Waals surface area contributed by atoms with Gasteiger partial charge in [-0.15, -0.1) is 0 Å². The second-order valence-electron chi connectivity index (χ2n) is 4.22. The van der Waals surface area contributed by atoms with Crippen molar-refractivity contribution in [1.29, 1.82) is 0 Å². The van der Waals surface area contributed by atoms with Gasteiger partial charge in [0.15, 0.2) is 0 Å². The molecule has 0 aliphatic carbocycles. The molecular weight excluding hydrogens is 312 g/mol. The predicted octanol–water partition coefficient (Wildman–Crippen LogP) is 2.69. The summed E-state index contributed by atoms with van der Waals surface area (Å²) in [6.07, 6.45) is 0. The molecular formula is C13H17BrN2O3. The molecule has 0 heterocycles. The molecule has 1 rings (SSSR count). The molecule has 0 radical (unpaired) electrons. The molecule has 0 fully saturated rings. The number of hydrogen-bond acceptors (Lipinski definition) is 3. The van der Waals surface area contributed by atoms with Gasteiger partial charge >= 0.3 is 12.0 Å². The van der Waals surface area contributed by atoms with Gasteiger partial charge in [0.25, 0.3) is 0 Å². The van der Waals surface area contributed by atoms with Crippen molar-refractivity contribution < 1.29 is 14.3 Å². The Morgan fingerprint density at radius 2 is 2.11 bits per heavy atom. The lowest BCUT2D eigenvalue weighted by atomic mass is 10.2. The minimum atomic E-state index is -0.376. The number of carbonyl (C=O) groups is 2. The fourth-order valence-electron chi connectivity index (χ4n) is 1.43. The molecule has 19 heavy (non-hydrogen) atoms. The summed E-state index contributed by atoms with van der Waals surface area (Å²) in [6, 6.07) is 5.27. The van der Waals surface area contributed by atoms with Crippen molar-refractivity contribution >= 4 is 33.6 Å². The van der Waals surface area contributed by atoms with E-state index in [0.29, 0.717) is 0 Å². The molecule has 0 unspecified atom stereocenters. The van der Waals surface area contributed by atoms with Crippen LogP contribution < -0.4 is 10.6 Å². The molecule has 0 aromatic heterocycles. The molecule has 104 valence electrons. The van der Waals surface area contributed by atoms with Crippen LogP contribution in [-0.2, 0) is 9.53 Å². The van der Waals surface area contributed by atoms with E-state index in [-0.39, 0.29) is 24.5 Å². The average molecular weight is 329 g/mol. The lowest BCUT2D eigenvalue weighted by Gasteiger charge is -2.12. The maximum Gasteiger partial charge on any atom is 0.319 e. The number of benzene rings is 1. The highest BCUT2D eigenvalue weighted by molar-refractivity contribution is 9.10. The third-order valence-corrected chi connectivity index (χ3v) is 3.11. The second-order valence-corrected chi connectivity index (χ2v) is 5.13. The molecule has 0 saturated heterocycles. The predicted molar refractivity (Wildman–Crippen MR) is 77.1 cm³/mol. The first-order valence-electron chi connectivity index (χ1n) is 5.83. The number of aryl methyl sites for hydroxylation is 1. The molecule has 0 spiro atoms. The summed E-state index contributed by atoms with van der Waals surface area (Å²) >= 11 is 3.34. The van der Waals surface area contributed by atoms with E-state index in [4.69, 9.17) is 0 Å². The van der Waals surface area contributed by atoms with Gasteiger partial charge in [0.2, 0.25) is 0 Å². The minimum absolute atomic E-state index is 0.228. The van der Waals surface area contributed by atoms with Gasteiger partial charge in [-0.05, 0) is 24.6 Å². The van der Waals surface area contributed by atoms with Crippen molar-refractivity contribution in [3.8, 4) is 0 Å². The highest BCUT2D eigenvalue weighted by Crippen LogP contribution is 2.20. The number of hydrogen-bond donors (Lipinski definition) is 2. The third kappa shape index (κ3) is 4.90. The van der Waals surface area contributed by atoms with E-state index in [0.717, 1.165) is 15.7 Å². The minimum Gasteiger partial charge on any atom is -0.469 e. The molecule has 5 nitrogen and oxygen atoms in total. The number of halogens is 1. The van der Waals surface area contributed by atoms with Gasteiger partial charge in [-0.25, -0.2) is 4.79 Å². The van der Waals surface area contributed by atoms with Crippen molar-refractivity contribution in [3.63, 3.8) is 0 Å². The third-order valence-electron chi connectivity index (χ3n) is 2.62. The zero-order valence-electron chi connectivity index (χ0n) is 11.1. The van der Waals surface area contributed by atoms with E-state index < -0.39 is 0 Å². The summed E-state index contributed by atoms with van der Waals surface area (Å²) in [5.41, 5.74) is 1.68. The number of rotatable bonds is 4. The normalized spacial score (nSPS) is 11.6. The lowest BCUT2D eigenvalue weighted by molar-refractivity contribution is -0.144. The molecule has 2 N–H and O–H groups in total. The smallest absolute Gasteiger partial charge is 0.319 e. The average Bonchev–Trinajstić information content (AvgIpc) is 2.39. The molecule has 0 bridgehead atoms. The van der Waals surface area contributed by atoms with Crippen LogP contribution >= 0.6 is 15.9 Å². The lowest BCUT2D eigenvalue weighted by Crippen LogP contribution is -2.35. The zero-order valence-corrected chi connectivity index (χ0v) is 12.7. The quantitative estimate of drug-likeness (QED) is 0.835. The zero-order chi connectivity index (χ0) is 14.4. The van der Waals surface area contributed by atoms with Crippen molar-refractivity contribution in [2.45, 2.75) is 13.8 Å². The Labute approximate surface area is 120 Å². The molecule has 1 aromatic rings. The number of anilines is 1. The van der Waals surface area contributed by atoms with Gasteiger partial charge < -0.3 is 15.4 Å². The van der Waals surface area contributed by atoms with Crippen LogP contribution in [0.4, 0.5) is 10.5 Å². The fourth-order valence-corrected chi connectivity index (χ4v) is 1.79. The number of methoxy groups -OCH3 is 1. The van der Waals surface area contributed by atoms with E-state index in [1.165, 1.54) is 7.11 Å². The Morgan fingerprint density at radius 1 is 1.42 bits per heavy atom. The number of nitrogens with one attached hydrogen (secondary N) is 2. The van der Waals surface area contributed by atoms with Crippen molar-refractivity contribution in [3.05, 3.63) is 28.2 Å². The van der Waals surface area contributed by atoms with E-state index in [2.05, 4.69) is 31.3 Å². The van der Waals surface area contributed by atoms with Gasteiger partial charge in [0.05, 0.1) is 13.0 Å². The molecule has 0 aliphatic heterocycles. The summed E-state index contributed by atoms with van der Waals surface area (Å²) in [5, 5.41) is 5.36. The van der Waals surface area contributed by atoms with Crippen LogP contribution in [0.2, 0.25) is 0 Å². The van der Waals surface area contributed by atoms with Gasteiger partial charge in [0, 0.05) is 16.7 Å². The monoisotopic (exact) mass is 328 g/mol. The first kappa shape index (κ1) is 15.5. The fraction of sp³-hybridized carbons (Fsp3) is 0.385. The summed E-state index contributed by atoms with van der Waals surface area (Å²) in [4.78, 5) is 22.9. The SMILES string of the molecule is COC(=O)[C@H](C)CNC(=O)Nc1cc(Br)ccc1C. The first-order valence-corrected chi connectivity index (χ1v) is 6.62. The highest BCUT2D eigenvalue weighted by atomic mass is 79.9. The van der Waals surface area contributed by atoms with E-state index >= 15 is 0 Å². The van der Waals surface area contributed by atoms with Crippen molar-refractivity contribution in [2.24, 2.45) is 5.92 Å². The van der Waals surface area contributed by atoms with E-state index in [1.54, 1.807) is 6.92 Å². The Hall–Kier alpha value is -1.56. The Kier molecular flexibility index (Phi) is 5.82. The summed E-state index contributed by atoms with van der Waals surface area (Å²) < 4.78 is 5.47. The summed E-state index contributed by atoms with van der Waals surface area (Å²) in [6.45, 7) is 3.82. The maximum absolute atomic E-state index is 11.7. The van der Waals surface area contributed by atoms with Crippen LogP contribution in [0.5, 0.6) is 0 Å². The number of urea groups is 1. The van der Waals surface area contributed by atoms with Crippen LogP contribution in [0.3, 0.4) is 0 Å². The van der Waals surface area contributed by atoms with Crippen LogP contribution in [-0.4, -0.2) is 25.7 Å². The second kappa shape index (κ2) is 7.13. The number of esters is 1. The number of amides is 2. The standard InChI is InChI=1S/C13H17BrN2O3/c1-8-4-5-10(14)6-11(8)16-13(18)15-7-9(2)12(17)19-3/h4-6,9H,7H2,1-3H3,(H2,15,16,18)/t9-/m1/s1. The van der Waals surface area contributed by atoms with Crippen molar-refractivity contribution in [1.82, 2.24) is 5.32 Å². The molecule has 1 atom stereocenters. The topological polar surface area (TPSA) is 67.4 Å². The Morgan fingerprint density at radius 3 is 2.74 bits per heavy atom. The molecule has 0 saturated carbocycles. The Bertz CT molecular complexity index is 477. The highest BCUT2D eigenvalue weighted by Gasteiger charge is 2.14. The molecule has 6 heteroatoms. The van der Waals surface area contributed by atoms with Crippen LogP contribution in [0, 0.1) is 12.8 Å². The maximum atomic E-state index is 11.7. The van der Waals surface area contributed by atoms with Gasteiger partial charge in [-0.3, -0.25) is 4.79 Å². The van der Waals surface area contributed by atoms with Crippen LogP contribution in [0.25, 0.3) is 0 Å². The summed E-state index contributed by atoms with van der Waals surface area (Å²) in [7, 11) is 1.32.